The van der Waals surface area contributed by atoms with E-state index >= 15 is 0 Å². The summed E-state index contributed by atoms with van der Waals surface area (Å²) >= 11 is 13.9. The zero-order chi connectivity index (χ0) is 20.4. The number of halogens is 2. The Morgan fingerprint density at radius 2 is 1.79 bits per heavy atom. The minimum absolute atomic E-state index is 0.321. The van der Waals surface area contributed by atoms with Gasteiger partial charge in [0.2, 0.25) is 0 Å². The third-order valence-corrected chi connectivity index (χ3v) is 7.28. The summed E-state index contributed by atoms with van der Waals surface area (Å²) in [7, 11) is 2.16. The summed E-state index contributed by atoms with van der Waals surface area (Å²) in [5, 5.41) is 1.01. The highest BCUT2D eigenvalue weighted by Crippen LogP contribution is 2.39. The minimum atomic E-state index is -0.321. The molecule has 2 saturated heterocycles. The molecule has 29 heavy (non-hydrogen) atoms. The lowest BCUT2D eigenvalue weighted by molar-refractivity contribution is -0.108. The molecule has 2 heterocycles. The van der Waals surface area contributed by atoms with Crippen molar-refractivity contribution in [2.75, 3.05) is 48.9 Å². The number of para-hydroxylation sites is 1. The molecule has 0 spiro atoms. The summed E-state index contributed by atoms with van der Waals surface area (Å²) in [5.41, 5.74) is 3.29. The molecule has 0 radical (unpaired) electrons. The molecule has 2 aliphatic rings. The summed E-state index contributed by atoms with van der Waals surface area (Å²) in [6.07, 6.45) is 3.17. The van der Waals surface area contributed by atoms with Crippen molar-refractivity contribution >= 4 is 58.7 Å². The van der Waals surface area contributed by atoms with E-state index in [-0.39, 0.29) is 6.04 Å². The fourth-order valence-electron chi connectivity index (χ4n) is 3.73. The molecule has 2 aromatic rings. The van der Waals surface area contributed by atoms with Crippen molar-refractivity contribution in [1.29, 1.82) is 0 Å². The summed E-state index contributed by atoms with van der Waals surface area (Å²) < 4.78 is 0. The molecule has 4 nitrogen and oxygen atoms in total. The van der Waals surface area contributed by atoms with Crippen molar-refractivity contribution in [3.05, 3.63) is 63.0 Å². The SMILES string of the molecule is CN1CCN(c2ccccc2C=C2SCN(c3ccc(Cl)c(Cl)c3)C2C=O)CC1. The number of carbonyl (C=O) groups is 1. The van der Waals surface area contributed by atoms with Gasteiger partial charge < -0.3 is 19.5 Å². The number of rotatable bonds is 4. The Morgan fingerprint density at radius 1 is 1.03 bits per heavy atom. The largest absolute Gasteiger partial charge is 0.368 e. The average Bonchev–Trinajstić information content (AvgIpc) is 3.14. The second-order valence-corrected chi connectivity index (χ2v) is 9.15. The van der Waals surface area contributed by atoms with E-state index in [0.717, 1.165) is 48.6 Å². The van der Waals surface area contributed by atoms with E-state index in [1.807, 2.05) is 12.1 Å². The number of likely N-dealkylation sites (N-methyl/N-ethyl adjacent to an activating group) is 1. The van der Waals surface area contributed by atoms with Crippen LogP contribution in [0.15, 0.2) is 47.4 Å². The van der Waals surface area contributed by atoms with Crippen molar-refractivity contribution in [3.8, 4) is 0 Å². The summed E-state index contributed by atoms with van der Waals surface area (Å²) in [5.74, 6) is 0.698. The van der Waals surface area contributed by atoms with Crippen molar-refractivity contribution in [2.45, 2.75) is 6.04 Å². The van der Waals surface area contributed by atoms with E-state index in [1.54, 1.807) is 17.8 Å². The Labute approximate surface area is 186 Å². The number of piperazine rings is 1. The number of thioether (sulfide) groups is 1. The Hall–Kier alpha value is -1.66. The van der Waals surface area contributed by atoms with Gasteiger partial charge in [0, 0.05) is 42.5 Å². The van der Waals surface area contributed by atoms with Crippen molar-refractivity contribution in [2.24, 2.45) is 0 Å². The van der Waals surface area contributed by atoms with E-state index in [9.17, 15) is 4.79 Å². The van der Waals surface area contributed by atoms with Crippen LogP contribution in [-0.4, -0.2) is 56.3 Å². The van der Waals surface area contributed by atoms with Gasteiger partial charge in [-0.3, -0.25) is 0 Å². The van der Waals surface area contributed by atoms with Crippen molar-refractivity contribution in [1.82, 2.24) is 4.90 Å². The summed E-state index contributed by atoms with van der Waals surface area (Å²) in [6.45, 7) is 4.14. The van der Waals surface area contributed by atoms with Crippen LogP contribution in [0.25, 0.3) is 6.08 Å². The molecule has 0 aliphatic carbocycles. The molecule has 1 unspecified atom stereocenters. The van der Waals surface area contributed by atoms with E-state index in [0.29, 0.717) is 15.9 Å². The number of aldehydes is 1. The van der Waals surface area contributed by atoms with Gasteiger partial charge in [0.25, 0.3) is 0 Å². The molecule has 1 atom stereocenters. The van der Waals surface area contributed by atoms with Gasteiger partial charge in [-0.1, -0.05) is 41.4 Å². The zero-order valence-corrected chi connectivity index (χ0v) is 18.6. The Balaban J connectivity index is 1.62. The number of anilines is 2. The van der Waals surface area contributed by atoms with Crippen LogP contribution in [0.1, 0.15) is 5.56 Å². The van der Waals surface area contributed by atoms with Gasteiger partial charge in [-0.05, 0) is 43.0 Å². The molecule has 2 fully saturated rings. The van der Waals surface area contributed by atoms with Crippen LogP contribution >= 0.6 is 35.0 Å². The zero-order valence-electron chi connectivity index (χ0n) is 16.2. The summed E-state index contributed by atoms with van der Waals surface area (Å²) in [6, 6.07) is 13.6. The van der Waals surface area contributed by atoms with Crippen molar-refractivity contribution < 1.29 is 4.79 Å². The van der Waals surface area contributed by atoms with Gasteiger partial charge in [0.15, 0.2) is 0 Å². The Kier molecular flexibility index (Phi) is 6.40. The van der Waals surface area contributed by atoms with Crippen molar-refractivity contribution in [3.63, 3.8) is 0 Å². The van der Waals surface area contributed by atoms with E-state index in [1.165, 1.54) is 5.69 Å². The third kappa shape index (κ3) is 4.43. The first kappa shape index (κ1) is 20.6. The highest BCUT2D eigenvalue weighted by atomic mass is 35.5. The molecule has 152 valence electrons. The van der Waals surface area contributed by atoms with Gasteiger partial charge in [0.05, 0.1) is 15.9 Å². The predicted octanol–water partition coefficient (Wildman–Crippen LogP) is 4.86. The van der Waals surface area contributed by atoms with Crippen LogP contribution in [0, 0.1) is 0 Å². The van der Waals surface area contributed by atoms with Crippen LogP contribution in [-0.2, 0) is 4.79 Å². The third-order valence-electron chi connectivity index (χ3n) is 5.44. The van der Waals surface area contributed by atoms with Crippen LogP contribution in [0.4, 0.5) is 11.4 Å². The first-order valence-corrected chi connectivity index (χ1v) is 11.3. The van der Waals surface area contributed by atoms with Gasteiger partial charge >= 0.3 is 0 Å². The van der Waals surface area contributed by atoms with Crippen LogP contribution in [0.2, 0.25) is 10.0 Å². The van der Waals surface area contributed by atoms with Crippen LogP contribution in [0.5, 0.6) is 0 Å². The molecule has 0 saturated carbocycles. The molecular weight excluding hydrogens is 425 g/mol. The number of benzene rings is 2. The lowest BCUT2D eigenvalue weighted by Gasteiger charge is -2.35. The smallest absolute Gasteiger partial charge is 0.147 e. The maximum absolute atomic E-state index is 12.0. The number of nitrogens with zero attached hydrogens (tertiary/aromatic N) is 3. The lowest BCUT2D eigenvalue weighted by atomic mass is 10.1. The fraction of sp³-hybridized carbons (Fsp3) is 0.318. The topological polar surface area (TPSA) is 26.8 Å². The first-order chi connectivity index (χ1) is 14.1. The molecule has 7 heteroatoms. The molecule has 0 amide bonds. The average molecular weight is 448 g/mol. The van der Waals surface area contributed by atoms with Crippen LogP contribution < -0.4 is 9.80 Å². The van der Waals surface area contributed by atoms with Crippen LogP contribution in [0.3, 0.4) is 0 Å². The molecule has 2 aromatic carbocycles. The molecule has 4 rings (SSSR count). The van der Waals surface area contributed by atoms with E-state index < -0.39 is 0 Å². The Bertz CT molecular complexity index is 928. The molecule has 0 aromatic heterocycles. The molecular formula is C22H23Cl2N3OS. The van der Waals surface area contributed by atoms with E-state index in [2.05, 4.69) is 52.1 Å². The maximum Gasteiger partial charge on any atom is 0.147 e. The Morgan fingerprint density at radius 3 is 2.52 bits per heavy atom. The number of hydrogen-bond acceptors (Lipinski definition) is 5. The maximum atomic E-state index is 12.0. The first-order valence-electron chi connectivity index (χ1n) is 9.60. The standard InChI is InChI=1S/C22H23Cl2N3OS/c1-25-8-10-26(11-9-25)20-5-3-2-4-16(20)12-22-21(14-28)27(15-29-22)17-6-7-18(23)19(24)13-17/h2-7,12-14,21H,8-11,15H2,1H3. The van der Waals surface area contributed by atoms with Gasteiger partial charge in [-0.25, -0.2) is 0 Å². The highest BCUT2D eigenvalue weighted by molar-refractivity contribution is 8.03. The fourth-order valence-corrected chi connectivity index (χ4v) is 5.18. The van der Waals surface area contributed by atoms with E-state index in [4.69, 9.17) is 23.2 Å². The molecule has 0 bridgehead atoms. The minimum Gasteiger partial charge on any atom is -0.368 e. The number of hydrogen-bond donors (Lipinski definition) is 0. The summed E-state index contributed by atoms with van der Waals surface area (Å²) in [4.78, 5) is 19.9. The molecule has 2 aliphatic heterocycles. The quantitative estimate of drug-likeness (QED) is 0.623. The normalized spacial score (nSPS) is 21.8. The predicted molar refractivity (Wildman–Crippen MR) is 125 cm³/mol. The van der Waals surface area contributed by atoms with Gasteiger partial charge in [-0.2, -0.15) is 0 Å². The second-order valence-electron chi connectivity index (χ2n) is 7.32. The molecule has 0 N–H and O–H groups in total. The van der Waals surface area contributed by atoms with Gasteiger partial charge in [-0.15, -0.1) is 11.8 Å². The highest BCUT2D eigenvalue weighted by Gasteiger charge is 2.30. The second kappa shape index (κ2) is 9.00. The van der Waals surface area contributed by atoms with Gasteiger partial charge in [0.1, 0.15) is 12.3 Å². The number of carbonyl (C=O) groups excluding carboxylic acids is 1. The lowest BCUT2D eigenvalue weighted by Crippen LogP contribution is -2.44. The monoisotopic (exact) mass is 447 g/mol.